The van der Waals surface area contributed by atoms with Crippen molar-refractivity contribution in [2.75, 3.05) is 0 Å². The lowest BCUT2D eigenvalue weighted by Crippen LogP contribution is -2.25. The molecule has 0 fully saturated rings. The van der Waals surface area contributed by atoms with Gasteiger partial charge in [-0.15, -0.1) is 0 Å². The first-order chi connectivity index (χ1) is 9.58. The van der Waals surface area contributed by atoms with E-state index in [1.807, 2.05) is 63.2 Å². The van der Waals surface area contributed by atoms with Gasteiger partial charge in [0.05, 0.1) is 6.61 Å². The fraction of sp³-hybridized carbons (Fsp3) is 0.235. The van der Waals surface area contributed by atoms with Crippen molar-refractivity contribution >= 4 is 5.91 Å². The molecule has 104 valence electrons. The largest absolute Gasteiger partial charge is 0.275 e. The van der Waals surface area contributed by atoms with Gasteiger partial charge in [-0.1, -0.05) is 48.0 Å². The zero-order valence-electron chi connectivity index (χ0n) is 12.1. The monoisotopic (exact) mass is 269 g/mol. The second-order valence-electron chi connectivity index (χ2n) is 4.98. The van der Waals surface area contributed by atoms with Gasteiger partial charge in [-0.25, -0.2) is 5.48 Å². The van der Waals surface area contributed by atoms with Crippen LogP contribution in [-0.2, 0) is 11.4 Å². The van der Waals surface area contributed by atoms with Gasteiger partial charge in [-0.2, -0.15) is 0 Å². The number of aryl methyl sites for hydroxylation is 3. The highest BCUT2D eigenvalue weighted by Crippen LogP contribution is 2.16. The third kappa shape index (κ3) is 3.45. The maximum Gasteiger partial charge on any atom is 0.275 e. The van der Waals surface area contributed by atoms with Gasteiger partial charge >= 0.3 is 0 Å². The molecule has 0 atom stereocenters. The Morgan fingerprint density at radius 3 is 2.25 bits per heavy atom. The summed E-state index contributed by atoms with van der Waals surface area (Å²) in [4.78, 5) is 17.4. The molecule has 2 aromatic carbocycles. The van der Waals surface area contributed by atoms with Gasteiger partial charge in [0.2, 0.25) is 0 Å². The standard InChI is InChI=1S/C17H19NO2/c1-12-9-13(2)16(14(3)10-12)17(19)18-20-11-15-7-5-4-6-8-15/h4-10H,11H2,1-3H3,(H,18,19). The molecule has 0 aliphatic rings. The van der Waals surface area contributed by atoms with Crippen molar-refractivity contribution in [3.63, 3.8) is 0 Å². The van der Waals surface area contributed by atoms with Crippen LogP contribution in [0.25, 0.3) is 0 Å². The zero-order chi connectivity index (χ0) is 14.5. The molecule has 3 nitrogen and oxygen atoms in total. The summed E-state index contributed by atoms with van der Waals surface area (Å²) < 4.78 is 0. The van der Waals surface area contributed by atoms with E-state index in [2.05, 4.69) is 5.48 Å². The Morgan fingerprint density at radius 1 is 1.05 bits per heavy atom. The fourth-order valence-electron chi connectivity index (χ4n) is 2.35. The second-order valence-corrected chi connectivity index (χ2v) is 4.98. The lowest BCUT2D eigenvalue weighted by Gasteiger charge is -2.11. The molecule has 0 unspecified atom stereocenters. The second kappa shape index (κ2) is 6.35. The quantitative estimate of drug-likeness (QED) is 0.863. The topological polar surface area (TPSA) is 38.3 Å². The minimum Gasteiger partial charge on any atom is -0.269 e. The summed E-state index contributed by atoms with van der Waals surface area (Å²) in [6.07, 6.45) is 0. The van der Waals surface area contributed by atoms with Crippen molar-refractivity contribution in [2.24, 2.45) is 0 Å². The molecule has 0 heterocycles. The van der Waals surface area contributed by atoms with E-state index in [4.69, 9.17) is 4.84 Å². The molecule has 2 rings (SSSR count). The van der Waals surface area contributed by atoms with E-state index >= 15 is 0 Å². The van der Waals surface area contributed by atoms with E-state index < -0.39 is 0 Å². The Hall–Kier alpha value is -2.13. The Labute approximate surface area is 119 Å². The smallest absolute Gasteiger partial charge is 0.269 e. The van der Waals surface area contributed by atoms with Crippen molar-refractivity contribution in [2.45, 2.75) is 27.4 Å². The molecular weight excluding hydrogens is 250 g/mol. The van der Waals surface area contributed by atoms with Crippen LogP contribution in [-0.4, -0.2) is 5.91 Å². The summed E-state index contributed by atoms with van der Waals surface area (Å²) >= 11 is 0. The number of rotatable bonds is 4. The highest BCUT2D eigenvalue weighted by molar-refractivity contribution is 5.96. The first kappa shape index (κ1) is 14.3. The van der Waals surface area contributed by atoms with Crippen LogP contribution in [0.5, 0.6) is 0 Å². The van der Waals surface area contributed by atoms with Crippen LogP contribution < -0.4 is 5.48 Å². The zero-order valence-corrected chi connectivity index (χ0v) is 12.1. The molecule has 1 N–H and O–H groups in total. The molecule has 3 heteroatoms. The number of hydrogen-bond donors (Lipinski definition) is 1. The van der Waals surface area contributed by atoms with Crippen LogP contribution in [0.2, 0.25) is 0 Å². The van der Waals surface area contributed by atoms with Gasteiger partial charge < -0.3 is 0 Å². The van der Waals surface area contributed by atoms with E-state index in [0.717, 1.165) is 22.3 Å². The SMILES string of the molecule is Cc1cc(C)c(C(=O)NOCc2ccccc2)c(C)c1. The minimum absolute atomic E-state index is 0.198. The lowest BCUT2D eigenvalue weighted by atomic mass is 9.99. The summed E-state index contributed by atoms with van der Waals surface area (Å²) in [6.45, 7) is 6.25. The average molecular weight is 269 g/mol. The van der Waals surface area contributed by atoms with E-state index in [-0.39, 0.29) is 5.91 Å². The van der Waals surface area contributed by atoms with Crippen molar-refractivity contribution in [1.29, 1.82) is 0 Å². The predicted molar refractivity (Wildman–Crippen MR) is 79.4 cm³/mol. The van der Waals surface area contributed by atoms with Gasteiger partial charge in [0.1, 0.15) is 0 Å². The van der Waals surface area contributed by atoms with Gasteiger partial charge in [-0.05, 0) is 37.5 Å². The van der Waals surface area contributed by atoms with Crippen molar-refractivity contribution in [1.82, 2.24) is 5.48 Å². The highest BCUT2D eigenvalue weighted by atomic mass is 16.6. The van der Waals surface area contributed by atoms with Crippen molar-refractivity contribution in [3.05, 3.63) is 70.3 Å². The third-order valence-electron chi connectivity index (χ3n) is 3.15. The number of carbonyl (C=O) groups excluding carboxylic acids is 1. The minimum atomic E-state index is -0.198. The molecule has 0 radical (unpaired) electrons. The first-order valence-corrected chi connectivity index (χ1v) is 6.62. The average Bonchev–Trinajstić information content (AvgIpc) is 2.38. The van der Waals surface area contributed by atoms with E-state index in [1.165, 1.54) is 0 Å². The number of hydrogen-bond acceptors (Lipinski definition) is 2. The van der Waals surface area contributed by atoms with Crippen LogP contribution >= 0.6 is 0 Å². The number of amides is 1. The fourth-order valence-corrected chi connectivity index (χ4v) is 2.35. The molecule has 0 spiro atoms. The summed E-state index contributed by atoms with van der Waals surface area (Å²) in [5.74, 6) is -0.198. The van der Waals surface area contributed by atoms with Crippen LogP contribution in [0.4, 0.5) is 0 Å². The number of benzene rings is 2. The normalized spacial score (nSPS) is 10.3. The summed E-state index contributed by atoms with van der Waals surface area (Å²) in [6, 6.07) is 13.7. The van der Waals surface area contributed by atoms with Crippen LogP contribution in [0.15, 0.2) is 42.5 Å². The Balaban J connectivity index is 1.99. The summed E-state index contributed by atoms with van der Waals surface area (Å²) in [5, 5.41) is 0. The van der Waals surface area contributed by atoms with E-state index in [1.54, 1.807) is 0 Å². The molecule has 0 aromatic heterocycles. The van der Waals surface area contributed by atoms with Gasteiger partial charge in [-0.3, -0.25) is 9.63 Å². The molecule has 0 aliphatic carbocycles. The van der Waals surface area contributed by atoms with Gasteiger partial charge in [0, 0.05) is 5.56 Å². The molecule has 0 aliphatic heterocycles. The number of nitrogens with one attached hydrogen (secondary N) is 1. The van der Waals surface area contributed by atoms with Crippen LogP contribution in [0.1, 0.15) is 32.6 Å². The molecule has 2 aromatic rings. The lowest BCUT2D eigenvalue weighted by molar-refractivity contribution is 0.0232. The van der Waals surface area contributed by atoms with Crippen molar-refractivity contribution < 1.29 is 9.63 Å². The highest BCUT2D eigenvalue weighted by Gasteiger charge is 2.12. The van der Waals surface area contributed by atoms with Gasteiger partial charge in [0.15, 0.2) is 0 Å². The Kier molecular flexibility index (Phi) is 4.53. The molecule has 20 heavy (non-hydrogen) atoms. The molecule has 1 amide bonds. The van der Waals surface area contributed by atoms with Crippen LogP contribution in [0.3, 0.4) is 0 Å². The molecular formula is C17H19NO2. The van der Waals surface area contributed by atoms with E-state index in [0.29, 0.717) is 12.2 Å². The van der Waals surface area contributed by atoms with E-state index in [9.17, 15) is 4.79 Å². The van der Waals surface area contributed by atoms with Crippen molar-refractivity contribution in [3.8, 4) is 0 Å². The number of carbonyl (C=O) groups is 1. The van der Waals surface area contributed by atoms with Gasteiger partial charge in [0.25, 0.3) is 5.91 Å². The Bertz CT molecular complexity index is 583. The molecule has 0 saturated heterocycles. The summed E-state index contributed by atoms with van der Waals surface area (Å²) in [5.41, 5.74) is 7.29. The maximum absolute atomic E-state index is 12.2. The molecule has 0 saturated carbocycles. The van der Waals surface area contributed by atoms with Crippen LogP contribution in [0, 0.1) is 20.8 Å². The summed E-state index contributed by atoms with van der Waals surface area (Å²) in [7, 11) is 0. The molecule has 0 bridgehead atoms. The Morgan fingerprint density at radius 2 is 1.65 bits per heavy atom. The number of hydroxylamine groups is 1. The predicted octanol–water partition coefficient (Wildman–Crippen LogP) is 3.47. The maximum atomic E-state index is 12.2. The first-order valence-electron chi connectivity index (χ1n) is 6.62. The third-order valence-corrected chi connectivity index (χ3v) is 3.15.